The van der Waals surface area contributed by atoms with Crippen molar-refractivity contribution in [2.45, 2.75) is 24.4 Å². The van der Waals surface area contributed by atoms with Crippen molar-refractivity contribution in [2.75, 3.05) is 19.3 Å². The van der Waals surface area contributed by atoms with Crippen molar-refractivity contribution in [3.8, 4) is 0 Å². The standard InChI is InChI=1S/C16H20N6S/c1-23-16-14-15(19-11-20-16)22(12-21-14)10-4-7-17-9-6-13-5-2-3-8-18-13/h2-3,5,8,11-12,17H,4,6-7,9-10H2,1H3. The van der Waals surface area contributed by atoms with E-state index in [2.05, 4.69) is 35.9 Å². The lowest BCUT2D eigenvalue weighted by Gasteiger charge is -2.06. The molecule has 0 aromatic carbocycles. The van der Waals surface area contributed by atoms with E-state index in [-0.39, 0.29) is 0 Å². The molecule has 3 aromatic rings. The lowest BCUT2D eigenvalue weighted by atomic mass is 10.2. The minimum atomic E-state index is 0.892. The van der Waals surface area contributed by atoms with E-state index in [1.54, 1.807) is 18.1 Å². The molecular weight excluding hydrogens is 308 g/mol. The number of thioether (sulfide) groups is 1. The van der Waals surface area contributed by atoms with Gasteiger partial charge in [0.15, 0.2) is 5.65 Å². The quantitative estimate of drug-likeness (QED) is 0.388. The summed E-state index contributed by atoms with van der Waals surface area (Å²) in [5.41, 5.74) is 2.93. The predicted octanol–water partition coefficient (Wildman–Crippen LogP) is 2.17. The van der Waals surface area contributed by atoms with Crippen molar-refractivity contribution >= 4 is 22.9 Å². The van der Waals surface area contributed by atoms with Gasteiger partial charge in [0.05, 0.1) is 6.33 Å². The Hall–Kier alpha value is -1.99. The van der Waals surface area contributed by atoms with Gasteiger partial charge in [-0.1, -0.05) is 6.07 Å². The van der Waals surface area contributed by atoms with Crippen LogP contribution in [-0.2, 0) is 13.0 Å². The normalized spacial score (nSPS) is 11.2. The maximum atomic E-state index is 4.43. The van der Waals surface area contributed by atoms with Crippen LogP contribution in [0.25, 0.3) is 11.2 Å². The number of imidazole rings is 1. The number of aryl methyl sites for hydroxylation is 1. The Morgan fingerprint density at radius 2 is 2.09 bits per heavy atom. The van der Waals surface area contributed by atoms with Crippen LogP contribution in [0.15, 0.2) is 42.1 Å². The zero-order valence-electron chi connectivity index (χ0n) is 13.1. The first-order valence-corrected chi connectivity index (χ1v) is 8.91. The van der Waals surface area contributed by atoms with E-state index in [1.807, 2.05) is 30.9 Å². The Kier molecular flexibility index (Phi) is 5.55. The van der Waals surface area contributed by atoms with Gasteiger partial charge in [0, 0.05) is 31.4 Å². The SMILES string of the molecule is CSc1ncnc2c1ncn2CCCNCCc1ccccn1. The van der Waals surface area contributed by atoms with Crippen molar-refractivity contribution in [2.24, 2.45) is 0 Å². The molecule has 3 aromatic heterocycles. The third-order valence-corrected chi connectivity index (χ3v) is 4.28. The summed E-state index contributed by atoms with van der Waals surface area (Å²) in [5.74, 6) is 0. The summed E-state index contributed by atoms with van der Waals surface area (Å²) >= 11 is 1.60. The van der Waals surface area contributed by atoms with Gasteiger partial charge >= 0.3 is 0 Å². The van der Waals surface area contributed by atoms with Gasteiger partial charge in [-0.15, -0.1) is 11.8 Å². The first-order valence-electron chi connectivity index (χ1n) is 7.69. The van der Waals surface area contributed by atoms with Crippen molar-refractivity contribution in [3.05, 3.63) is 42.7 Å². The zero-order chi connectivity index (χ0) is 15.9. The van der Waals surface area contributed by atoms with Crippen molar-refractivity contribution in [1.29, 1.82) is 0 Å². The molecule has 120 valence electrons. The Morgan fingerprint density at radius 1 is 1.13 bits per heavy atom. The summed E-state index contributed by atoms with van der Waals surface area (Å²) in [6, 6.07) is 6.03. The lowest BCUT2D eigenvalue weighted by molar-refractivity contribution is 0.585. The number of rotatable bonds is 8. The Balaban J connectivity index is 1.44. The van der Waals surface area contributed by atoms with Crippen LogP contribution in [0.3, 0.4) is 0 Å². The number of hydrogen-bond acceptors (Lipinski definition) is 6. The highest BCUT2D eigenvalue weighted by atomic mass is 32.2. The molecule has 0 fully saturated rings. The molecule has 0 aliphatic carbocycles. The number of fused-ring (bicyclic) bond motifs is 1. The van der Waals surface area contributed by atoms with Crippen LogP contribution in [0.1, 0.15) is 12.1 Å². The fourth-order valence-corrected chi connectivity index (χ4v) is 2.92. The molecule has 6 nitrogen and oxygen atoms in total. The third-order valence-electron chi connectivity index (χ3n) is 3.60. The zero-order valence-corrected chi connectivity index (χ0v) is 14.0. The molecule has 0 saturated carbocycles. The van der Waals surface area contributed by atoms with E-state index >= 15 is 0 Å². The van der Waals surface area contributed by atoms with Gasteiger partial charge in [0.1, 0.15) is 16.9 Å². The van der Waals surface area contributed by atoms with Gasteiger partial charge in [-0.25, -0.2) is 15.0 Å². The van der Waals surface area contributed by atoms with Gasteiger partial charge < -0.3 is 9.88 Å². The largest absolute Gasteiger partial charge is 0.316 e. The number of pyridine rings is 1. The number of nitrogens with zero attached hydrogens (tertiary/aromatic N) is 5. The minimum Gasteiger partial charge on any atom is -0.316 e. The monoisotopic (exact) mass is 328 g/mol. The van der Waals surface area contributed by atoms with Crippen molar-refractivity contribution in [3.63, 3.8) is 0 Å². The van der Waals surface area contributed by atoms with E-state index < -0.39 is 0 Å². The molecule has 0 aliphatic heterocycles. The first-order chi connectivity index (χ1) is 11.4. The molecule has 0 aliphatic rings. The van der Waals surface area contributed by atoms with Crippen LogP contribution in [0.5, 0.6) is 0 Å². The van der Waals surface area contributed by atoms with E-state index in [4.69, 9.17) is 0 Å². The van der Waals surface area contributed by atoms with E-state index in [0.717, 1.165) is 54.4 Å². The molecule has 0 bridgehead atoms. The van der Waals surface area contributed by atoms with Crippen molar-refractivity contribution < 1.29 is 0 Å². The van der Waals surface area contributed by atoms with Gasteiger partial charge in [0.25, 0.3) is 0 Å². The van der Waals surface area contributed by atoms with Crippen LogP contribution in [0, 0.1) is 0 Å². The molecule has 0 radical (unpaired) electrons. The summed E-state index contributed by atoms with van der Waals surface area (Å²) in [7, 11) is 0. The second kappa shape index (κ2) is 8.03. The van der Waals surface area contributed by atoms with E-state index in [1.165, 1.54) is 0 Å². The average Bonchev–Trinajstić information content (AvgIpc) is 3.02. The fourth-order valence-electron chi connectivity index (χ4n) is 2.43. The Bertz CT molecular complexity index is 743. The second-order valence-electron chi connectivity index (χ2n) is 5.17. The second-order valence-corrected chi connectivity index (χ2v) is 5.96. The summed E-state index contributed by atoms with van der Waals surface area (Å²) in [4.78, 5) is 17.3. The van der Waals surface area contributed by atoms with Crippen LogP contribution >= 0.6 is 11.8 Å². The number of hydrogen-bond donors (Lipinski definition) is 1. The van der Waals surface area contributed by atoms with Gasteiger partial charge in [-0.2, -0.15) is 0 Å². The molecule has 23 heavy (non-hydrogen) atoms. The molecule has 1 N–H and O–H groups in total. The summed E-state index contributed by atoms with van der Waals surface area (Å²) in [6.07, 6.45) is 9.30. The average molecular weight is 328 g/mol. The van der Waals surface area contributed by atoms with Gasteiger partial charge in [-0.05, 0) is 31.4 Å². The number of aromatic nitrogens is 5. The third kappa shape index (κ3) is 4.05. The lowest BCUT2D eigenvalue weighted by Crippen LogP contribution is -2.20. The number of nitrogens with one attached hydrogen (secondary N) is 1. The topological polar surface area (TPSA) is 68.5 Å². The highest BCUT2D eigenvalue weighted by Gasteiger charge is 2.08. The molecule has 0 spiro atoms. The molecule has 0 unspecified atom stereocenters. The molecule has 0 atom stereocenters. The molecule has 3 rings (SSSR count). The summed E-state index contributed by atoms with van der Waals surface area (Å²) < 4.78 is 2.09. The molecule has 0 amide bonds. The predicted molar refractivity (Wildman–Crippen MR) is 92.5 cm³/mol. The van der Waals surface area contributed by atoms with Crippen LogP contribution < -0.4 is 5.32 Å². The van der Waals surface area contributed by atoms with E-state index in [9.17, 15) is 0 Å². The fraction of sp³-hybridized carbons (Fsp3) is 0.375. The maximum absolute atomic E-state index is 4.43. The first kappa shape index (κ1) is 15.9. The molecule has 7 heteroatoms. The molecule has 0 saturated heterocycles. The highest BCUT2D eigenvalue weighted by Crippen LogP contribution is 2.20. The molecular formula is C16H20N6S. The van der Waals surface area contributed by atoms with Gasteiger partial charge in [0.2, 0.25) is 0 Å². The van der Waals surface area contributed by atoms with Crippen LogP contribution in [0.2, 0.25) is 0 Å². The molecule has 3 heterocycles. The summed E-state index contributed by atoms with van der Waals surface area (Å²) in [5, 5.41) is 4.39. The Morgan fingerprint density at radius 3 is 2.91 bits per heavy atom. The Labute approximate surface area is 139 Å². The van der Waals surface area contributed by atoms with Gasteiger partial charge in [-0.3, -0.25) is 4.98 Å². The smallest absolute Gasteiger partial charge is 0.164 e. The summed E-state index contributed by atoms with van der Waals surface area (Å²) in [6.45, 7) is 2.81. The highest BCUT2D eigenvalue weighted by molar-refractivity contribution is 7.98. The van der Waals surface area contributed by atoms with Crippen LogP contribution in [-0.4, -0.2) is 43.8 Å². The van der Waals surface area contributed by atoms with E-state index in [0.29, 0.717) is 0 Å². The minimum absolute atomic E-state index is 0.892. The maximum Gasteiger partial charge on any atom is 0.164 e. The van der Waals surface area contributed by atoms with Crippen LogP contribution in [0.4, 0.5) is 0 Å². The van der Waals surface area contributed by atoms with Crippen molar-refractivity contribution in [1.82, 2.24) is 29.8 Å².